The summed E-state index contributed by atoms with van der Waals surface area (Å²) in [4.78, 5) is 17.5. The van der Waals surface area contributed by atoms with Crippen molar-refractivity contribution in [2.45, 2.75) is 31.6 Å². The fourth-order valence-corrected chi connectivity index (χ4v) is 5.12. The number of carbonyl (C=O) groups excluding carboxylic acids is 1. The number of benzene rings is 2. The van der Waals surface area contributed by atoms with Gasteiger partial charge in [0.15, 0.2) is 0 Å². The van der Waals surface area contributed by atoms with E-state index >= 15 is 0 Å². The normalized spacial score (nSPS) is 11.5. The molecule has 0 bridgehead atoms. The summed E-state index contributed by atoms with van der Waals surface area (Å²) in [5.41, 5.74) is 2.56. The van der Waals surface area contributed by atoms with E-state index in [2.05, 4.69) is 9.71 Å². The molecule has 0 unspecified atom stereocenters. The van der Waals surface area contributed by atoms with Crippen molar-refractivity contribution in [2.24, 2.45) is 0 Å². The van der Waals surface area contributed by atoms with Crippen LogP contribution in [-0.4, -0.2) is 33.0 Å². The zero-order valence-electron chi connectivity index (χ0n) is 17.4. The Hall–Kier alpha value is -2.62. The van der Waals surface area contributed by atoms with Gasteiger partial charge in [-0.3, -0.25) is 0 Å². The molecule has 0 fully saturated rings. The Balaban J connectivity index is 1.72. The maximum Gasteiger partial charge on any atom is 0.338 e. The summed E-state index contributed by atoms with van der Waals surface area (Å²) in [5.74, 6) is -0.880. The Morgan fingerprint density at radius 2 is 1.90 bits per heavy atom. The average molecular weight is 463 g/mol. The van der Waals surface area contributed by atoms with Crippen LogP contribution in [0.15, 0.2) is 47.4 Å². The quantitative estimate of drug-likeness (QED) is 0.509. The first kappa shape index (κ1) is 23.1. The number of thiazole rings is 1. The molecule has 0 aliphatic carbocycles. The summed E-state index contributed by atoms with van der Waals surface area (Å²) in [5, 5.41) is 0.758. The van der Waals surface area contributed by atoms with Gasteiger partial charge in [-0.15, -0.1) is 11.3 Å². The highest BCUT2D eigenvalue weighted by Crippen LogP contribution is 2.28. The summed E-state index contributed by atoms with van der Waals surface area (Å²) in [7, 11) is -2.54. The van der Waals surface area contributed by atoms with Crippen LogP contribution in [0.3, 0.4) is 0 Å². The van der Waals surface area contributed by atoms with E-state index in [-0.39, 0.29) is 22.8 Å². The van der Waals surface area contributed by atoms with Gasteiger partial charge in [0, 0.05) is 23.4 Å². The van der Waals surface area contributed by atoms with Crippen LogP contribution < -0.4 is 4.72 Å². The highest BCUT2D eigenvalue weighted by atomic mass is 32.2. The van der Waals surface area contributed by atoms with Gasteiger partial charge in [-0.2, -0.15) is 0 Å². The van der Waals surface area contributed by atoms with E-state index in [0.717, 1.165) is 26.7 Å². The van der Waals surface area contributed by atoms with Crippen molar-refractivity contribution in [2.75, 3.05) is 13.7 Å². The number of hydrogen-bond donors (Lipinski definition) is 1. The van der Waals surface area contributed by atoms with Crippen LogP contribution in [0.4, 0.5) is 4.39 Å². The summed E-state index contributed by atoms with van der Waals surface area (Å²) in [6.45, 7) is 3.95. The predicted molar refractivity (Wildman–Crippen MR) is 118 cm³/mol. The Kier molecular flexibility index (Phi) is 7.19. The molecule has 164 valence electrons. The minimum atomic E-state index is -3.81. The second-order valence-electron chi connectivity index (χ2n) is 6.84. The van der Waals surface area contributed by atoms with Crippen molar-refractivity contribution in [1.82, 2.24) is 9.71 Å². The number of rotatable bonds is 8. The van der Waals surface area contributed by atoms with Gasteiger partial charge >= 0.3 is 5.97 Å². The fourth-order valence-electron chi connectivity index (χ4n) is 3.09. The van der Waals surface area contributed by atoms with E-state index in [0.29, 0.717) is 12.8 Å². The first-order chi connectivity index (χ1) is 14.7. The number of esters is 1. The summed E-state index contributed by atoms with van der Waals surface area (Å²) >= 11 is 1.48. The Labute approximate surface area is 185 Å². The van der Waals surface area contributed by atoms with Gasteiger partial charge in [0.2, 0.25) is 10.0 Å². The predicted octanol–water partition coefficient (Wildman–Crippen LogP) is 4.13. The van der Waals surface area contributed by atoms with Crippen LogP contribution >= 0.6 is 11.3 Å². The third-order valence-corrected chi connectivity index (χ3v) is 7.34. The fraction of sp³-hybridized carbons (Fsp3) is 0.273. The SMILES string of the molecule is CCc1ccc(S(=O)(=O)NCCc2nc(-c3ccc(F)cc3)sc2C)cc1C(=O)OC. The molecular weight excluding hydrogens is 439 g/mol. The Morgan fingerprint density at radius 3 is 2.55 bits per heavy atom. The van der Waals surface area contributed by atoms with Crippen LogP contribution in [-0.2, 0) is 27.6 Å². The van der Waals surface area contributed by atoms with Crippen molar-refractivity contribution in [3.63, 3.8) is 0 Å². The third-order valence-electron chi connectivity index (χ3n) is 4.82. The highest BCUT2D eigenvalue weighted by Gasteiger charge is 2.19. The Morgan fingerprint density at radius 1 is 1.19 bits per heavy atom. The van der Waals surface area contributed by atoms with Gasteiger partial charge in [0.05, 0.1) is 23.3 Å². The molecule has 2 aromatic carbocycles. The number of ether oxygens (including phenoxy) is 1. The first-order valence-electron chi connectivity index (χ1n) is 9.68. The average Bonchev–Trinajstić information content (AvgIpc) is 3.13. The highest BCUT2D eigenvalue weighted by molar-refractivity contribution is 7.89. The number of sulfonamides is 1. The van der Waals surface area contributed by atoms with E-state index in [9.17, 15) is 17.6 Å². The molecule has 0 spiro atoms. The van der Waals surface area contributed by atoms with Gasteiger partial charge in [0.25, 0.3) is 0 Å². The lowest BCUT2D eigenvalue weighted by molar-refractivity contribution is 0.0599. The molecule has 0 saturated heterocycles. The summed E-state index contributed by atoms with van der Waals surface area (Å²) in [6.07, 6.45) is 0.983. The lowest BCUT2D eigenvalue weighted by Crippen LogP contribution is -2.26. The van der Waals surface area contributed by atoms with E-state index in [4.69, 9.17) is 4.74 Å². The molecule has 0 radical (unpaired) electrons. The Bertz CT molecular complexity index is 1190. The molecule has 9 heteroatoms. The van der Waals surface area contributed by atoms with Crippen LogP contribution in [0.25, 0.3) is 10.6 Å². The topological polar surface area (TPSA) is 85.4 Å². The van der Waals surface area contributed by atoms with Gasteiger partial charge in [-0.1, -0.05) is 13.0 Å². The van der Waals surface area contributed by atoms with E-state index in [1.807, 2.05) is 13.8 Å². The molecule has 0 atom stereocenters. The summed E-state index contributed by atoms with van der Waals surface area (Å²) in [6, 6.07) is 10.5. The molecule has 0 aliphatic rings. The number of aryl methyl sites for hydroxylation is 2. The molecule has 3 rings (SSSR count). The van der Waals surface area contributed by atoms with Gasteiger partial charge in [-0.05, 0) is 55.3 Å². The van der Waals surface area contributed by atoms with Crippen LogP contribution in [0.1, 0.15) is 33.4 Å². The van der Waals surface area contributed by atoms with E-state index in [1.54, 1.807) is 18.2 Å². The van der Waals surface area contributed by atoms with Crippen LogP contribution in [0.5, 0.6) is 0 Å². The standard InChI is InChI=1S/C22H23FN2O4S2/c1-4-15-7-10-18(13-19(15)22(26)29-3)31(27,28)24-12-11-20-14(2)30-21(25-20)16-5-8-17(23)9-6-16/h5-10,13,24H,4,11-12H2,1-3H3. The number of nitrogens with one attached hydrogen (secondary N) is 1. The second-order valence-corrected chi connectivity index (χ2v) is 9.81. The van der Waals surface area contributed by atoms with Crippen molar-refractivity contribution >= 4 is 27.3 Å². The number of methoxy groups -OCH3 is 1. The van der Waals surface area contributed by atoms with Gasteiger partial charge < -0.3 is 4.74 Å². The number of aromatic nitrogens is 1. The minimum Gasteiger partial charge on any atom is -0.465 e. The van der Waals surface area contributed by atoms with Crippen molar-refractivity contribution < 1.29 is 22.3 Å². The van der Waals surface area contributed by atoms with Gasteiger partial charge in [0.1, 0.15) is 10.8 Å². The number of halogens is 1. The maximum atomic E-state index is 13.1. The smallest absolute Gasteiger partial charge is 0.338 e. The van der Waals surface area contributed by atoms with Gasteiger partial charge in [-0.25, -0.2) is 27.3 Å². The molecule has 3 aromatic rings. The largest absolute Gasteiger partial charge is 0.465 e. The molecule has 0 amide bonds. The maximum absolute atomic E-state index is 13.1. The van der Waals surface area contributed by atoms with Crippen LogP contribution in [0.2, 0.25) is 0 Å². The number of hydrogen-bond acceptors (Lipinski definition) is 6. The monoisotopic (exact) mass is 462 g/mol. The van der Waals surface area contributed by atoms with Crippen molar-refractivity contribution in [3.8, 4) is 10.6 Å². The number of carbonyl (C=O) groups is 1. The van der Waals surface area contributed by atoms with E-state index in [1.165, 1.54) is 42.7 Å². The lowest BCUT2D eigenvalue weighted by Gasteiger charge is -2.10. The van der Waals surface area contributed by atoms with Crippen LogP contribution in [0, 0.1) is 12.7 Å². The van der Waals surface area contributed by atoms with E-state index < -0.39 is 16.0 Å². The van der Waals surface area contributed by atoms with Crippen molar-refractivity contribution in [1.29, 1.82) is 0 Å². The first-order valence-corrected chi connectivity index (χ1v) is 12.0. The number of nitrogens with zero attached hydrogens (tertiary/aromatic N) is 1. The molecule has 31 heavy (non-hydrogen) atoms. The molecule has 1 aromatic heterocycles. The zero-order chi connectivity index (χ0) is 22.6. The molecular formula is C22H23FN2O4S2. The lowest BCUT2D eigenvalue weighted by atomic mass is 10.1. The third kappa shape index (κ3) is 5.36. The summed E-state index contributed by atoms with van der Waals surface area (Å²) < 4.78 is 45.9. The van der Waals surface area contributed by atoms with Crippen molar-refractivity contribution in [3.05, 3.63) is 70.0 Å². The molecule has 1 N–H and O–H groups in total. The zero-order valence-corrected chi connectivity index (χ0v) is 19.1. The molecule has 6 nitrogen and oxygen atoms in total. The molecule has 1 heterocycles. The minimum absolute atomic E-state index is 0.00657. The second kappa shape index (κ2) is 9.67. The molecule has 0 aliphatic heterocycles. The molecule has 0 saturated carbocycles.